The van der Waals surface area contributed by atoms with Crippen molar-refractivity contribution < 1.29 is 5.11 Å². The molecule has 102 valence electrons. The van der Waals surface area contributed by atoms with Gasteiger partial charge in [-0.25, -0.2) is 0 Å². The van der Waals surface area contributed by atoms with Crippen LogP contribution in [0.15, 0.2) is 24.3 Å². The zero-order valence-electron chi connectivity index (χ0n) is 12.0. The second-order valence-electron chi connectivity index (χ2n) is 5.24. The van der Waals surface area contributed by atoms with Gasteiger partial charge in [0.1, 0.15) is 0 Å². The molecule has 0 amide bonds. The minimum absolute atomic E-state index is 0.645. The summed E-state index contributed by atoms with van der Waals surface area (Å²) >= 11 is 0. The molecule has 0 atom stereocenters. The third-order valence-electron chi connectivity index (χ3n) is 2.86. The van der Waals surface area contributed by atoms with Gasteiger partial charge in [-0.05, 0) is 38.9 Å². The van der Waals surface area contributed by atoms with Crippen molar-refractivity contribution in [3.05, 3.63) is 29.8 Å². The predicted octanol–water partition coefficient (Wildman–Crippen LogP) is 2.39. The lowest BCUT2D eigenvalue weighted by molar-refractivity contribution is 0.0875. The molecule has 2 N–H and O–H groups in total. The Morgan fingerprint density at radius 1 is 1.22 bits per heavy atom. The zero-order chi connectivity index (χ0) is 13.6. The molecule has 0 saturated carbocycles. The molecule has 0 spiro atoms. The van der Waals surface area contributed by atoms with E-state index >= 15 is 0 Å². The summed E-state index contributed by atoms with van der Waals surface area (Å²) in [4.78, 5) is 2.23. The third-order valence-corrected chi connectivity index (χ3v) is 2.86. The van der Waals surface area contributed by atoms with Gasteiger partial charge in [0.05, 0.1) is 5.60 Å². The molecular weight excluding hydrogens is 224 g/mol. The van der Waals surface area contributed by atoms with E-state index in [0.29, 0.717) is 6.54 Å². The van der Waals surface area contributed by atoms with Gasteiger partial charge < -0.3 is 15.3 Å². The van der Waals surface area contributed by atoms with E-state index in [1.165, 1.54) is 11.3 Å². The Hall–Kier alpha value is -1.06. The first-order valence-electron chi connectivity index (χ1n) is 6.74. The van der Waals surface area contributed by atoms with Gasteiger partial charge in [0, 0.05) is 25.3 Å². The van der Waals surface area contributed by atoms with Gasteiger partial charge in [-0.3, -0.25) is 0 Å². The minimum atomic E-state index is -0.679. The fraction of sp³-hybridized carbons (Fsp3) is 0.600. The molecule has 3 heteroatoms. The Labute approximate surface area is 111 Å². The van der Waals surface area contributed by atoms with E-state index in [0.717, 1.165) is 19.6 Å². The van der Waals surface area contributed by atoms with Crippen LogP contribution in [0.3, 0.4) is 0 Å². The van der Waals surface area contributed by atoms with Crippen molar-refractivity contribution >= 4 is 5.69 Å². The highest BCUT2D eigenvalue weighted by Gasteiger charge is 2.19. The summed E-state index contributed by atoms with van der Waals surface area (Å²) in [5.74, 6) is 0. The number of nitrogens with one attached hydrogen (secondary N) is 1. The summed E-state index contributed by atoms with van der Waals surface area (Å²) in [6.07, 6.45) is 0. The molecule has 0 aliphatic carbocycles. The highest BCUT2D eigenvalue weighted by Crippen LogP contribution is 2.22. The Bertz CT molecular complexity index is 358. The fourth-order valence-corrected chi connectivity index (χ4v) is 2.06. The molecule has 0 unspecified atom stereocenters. The molecule has 18 heavy (non-hydrogen) atoms. The lowest BCUT2D eigenvalue weighted by Crippen LogP contribution is -2.39. The average molecular weight is 250 g/mol. The summed E-state index contributed by atoms with van der Waals surface area (Å²) in [7, 11) is 0. The molecule has 0 fully saturated rings. The average Bonchev–Trinajstić information content (AvgIpc) is 2.33. The van der Waals surface area contributed by atoms with Gasteiger partial charge in [0.2, 0.25) is 0 Å². The molecule has 0 saturated heterocycles. The second-order valence-corrected chi connectivity index (χ2v) is 5.24. The van der Waals surface area contributed by atoms with E-state index in [-0.39, 0.29) is 0 Å². The molecular formula is C15H26N2O. The van der Waals surface area contributed by atoms with Crippen LogP contribution in [0.1, 0.15) is 33.3 Å². The van der Waals surface area contributed by atoms with E-state index in [4.69, 9.17) is 0 Å². The van der Waals surface area contributed by atoms with Gasteiger partial charge in [-0.1, -0.05) is 25.1 Å². The Balaban J connectivity index is 2.90. The van der Waals surface area contributed by atoms with Crippen molar-refractivity contribution in [2.75, 3.05) is 24.5 Å². The summed E-state index contributed by atoms with van der Waals surface area (Å²) in [6.45, 7) is 11.3. The second kappa shape index (κ2) is 6.76. The van der Waals surface area contributed by atoms with Gasteiger partial charge in [-0.15, -0.1) is 0 Å². The van der Waals surface area contributed by atoms with Crippen molar-refractivity contribution in [1.29, 1.82) is 0 Å². The van der Waals surface area contributed by atoms with Crippen LogP contribution in [0, 0.1) is 0 Å². The highest BCUT2D eigenvalue weighted by atomic mass is 16.3. The molecule has 0 heterocycles. The molecule has 0 aromatic heterocycles. The number of hydrogen-bond donors (Lipinski definition) is 2. The maximum Gasteiger partial charge on any atom is 0.0765 e. The molecule has 0 aliphatic heterocycles. The molecule has 1 aromatic rings. The summed E-state index contributed by atoms with van der Waals surface area (Å²) in [5.41, 5.74) is 1.81. The predicted molar refractivity (Wildman–Crippen MR) is 78.0 cm³/mol. The van der Waals surface area contributed by atoms with E-state index < -0.39 is 5.60 Å². The molecule has 3 nitrogen and oxygen atoms in total. The minimum Gasteiger partial charge on any atom is -0.389 e. The van der Waals surface area contributed by atoms with E-state index in [9.17, 15) is 5.11 Å². The van der Waals surface area contributed by atoms with Crippen LogP contribution in [0.4, 0.5) is 5.69 Å². The standard InChI is InChI=1S/C15H26N2O/c1-5-16-11-13-9-7-8-10-14(13)17(6-2)12-15(3,4)18/h7-10,16,18H,5-6,11-12H2,1-4H3. The number of aliphatic hydroxyl groups is 1. The van der Waals surface area contributed by atoms with Gasteiger partial charge in [-0.2, -0.15) is 0 Å². The number of para-hydroxylation sites is 1. The Morgan fingerprint density at radius 2 is 1.89 bits per heavy atom. The first-order chi connectivity index (χ1) is 8.48. The lowest BCUT2D eigenvalue weighted by atomic mass is 10.1. The topological polar surface area (TPSA) is 35.5 Å². The van der Waals surface area contributed by atoms with Crippen LogP contribution < -0.4 is 10.2 Å². The zero-order valence-corrected chi connectivity index (χ0v) is 12.0. The fourth-order valence-electron chi connectivity index (χ4n) is 2.06. The number of hydrogen-bond acceptors (Lipinski definition) is 3. The lowest BCUT2D eigenvalue weighted by Gasteiger charge is -2.31. The van der Waals surface area contributed by atoms with Crippen LogP contribution in [-0.2, 0) is 6.54 Å². The van der Waals surface area contributed by atoms with Crippen LogP contribution in [0.25, 0.3) is 0 Å². The maximum atomic E-state index is 9.99. The van der Waals surface area contributed by atoms with Crippen molar-refractivity contribution in [2.24, 2.45) is 0 Å². The normalized spacial score (nSPS) is 11.6. The number of nitrogens with zero attached hydrogens (tertiary/aromatic N) is 1. The SMILES string of the molecule is CCNCc1ccccc1N(CC)CC(C)(C)O. The van der Waals surface area contributed by atoms with E-state index in [1.54, 1.807) is 0 Å². The van der Waals surface area contributed by atoms with E-state index in [1.807, 2.05) is 13.8 Å². The van der Waals surface area contributed by atoms with Gasteiger partial charge in [0.15, 0.2) is 0 Å². The molecule has 0 bridgehead atoms. The number of likely N-dealkylation sites (N-methyl/N-ethyl adjacent to an activating group) is 1. The molecule has 0 radical (unpaired) electrons. The largest absolute Gasteiger partial charge is 0.389 e. The van der Waals surface area contributed by atoms with Crippen LogP contribution in [0.2, 0.25) is 0 Å². The Morgan fingerprint density at radius 3 is 2.44 bits per heavy atom. The smallest absolute Gasteiger partial charge is 0.0765 e. The summed E-state index contributed by atoms with van der Waals surface area (Å²) < 4.78 is 0. The monoisotopic (exact) mass is 250 g/mol. The highest BCUT2D eigenvalue weighted by molar-refractivity contribution is 5.53. The number of rotatable bonds is 7. The van der Waals surface area contributed by atoms with Crippen LogP contribution in [-0.4, -0.2) is 30.3 Å². The maximum absolute atomic E-state index is 9.99. The number of benzene rings is 1. The molecule has 1 rings (SSSR count). The Kier molecular flexibility index (Phi) is 5.63. The van der Waals surface area contributed by atoms with E-state index in [2.05, 4.69) is 48.3 Å². The van der Waals surface area contributed by atoms with Crippen LogP contribution in [0.5, 0.6) is 0 Å². The van der Waals surface area contributed by atoms with Gasteiger partial charge >= 0.3 is 0 Å². The quantitative estimate of drug-likeness (QED) is 0.780. The molecule has 0 aliphatic rings. The first kappa shape index (κ1) is 15.0. The summed E-state index contributed by atoms with van der Waals surface area (Å²) in [5, 5.41) is 13.3. The third kappa shape index (κ3) is 4.67. The van der Waals surface area contributed by atoms with Crippen molar-refractivity contribution in [2.45, 2.75) is 39.8 Å². The molecule has 1 aromatic carbocycles. The van der Waals surface area contributed by atoms with Crippen molar-refractivity contribution in [3.8, 4) is 0 Å². The summed E-state index contributed by atoms with van der Waals surface area (Å²) in [6, 6.07) is 8.39. The van der Waals surface area contributed by atoms with Crippen LogP contribution >= 0.6 is 0 Å². The van der Waals surface area contributed by atoms with Crippen molar-refractivity contribution in [1.82, 2.24) is 5.32 Å². The first-order valence-corrected chi connectivity index (χ1v) is 6.74. The van der Waals surface area contributed by atoms with Gasteiger partial charge in [0.25, 0.3) is 0 Å². The number of anilines is 1. The van der Waals surface area contributed by atoms with Crippen molar-refractivity contribution in [3.63, 3.8) is 0 Å².